The van der Waals surface area contributed by atoms with E-state index in [-0.39, 0.29) is 0 Å². The maximum Gasteiger partial charge on any atom is 0.421 e. The minimum atomic E-state index is -4.71. The third-order valence-corrected chi connectivity index (χ3v) is 1.87. The summed E-state index contributed by atoms with van der Waals surface area (Å²) in [6.07, 6.45) is -5.46. The molecule has 0 bridgehead atoms. The van der Waals surface area contributed by atoms with E-state index in [9.17, 15) is 13.2 Å². The summed E-state index contributed by atoms with van der Waals surface area (Å²) in [7, 11) is 0. The second kappa shape index (κ2) is 3.77. The summed E-state index contributed by atoms with van der Waals surface area (Å²) in [5.41, 5.74) is 0. The van der Waals surface area contributed by atoms with Crippen LogP contribution in [0.4, 0.5) is 13.2 Å². The van der Waals surface area contributed by atoms with Gasteiger partial charge in [-0.25, -0.2) is 0 Å². The van der Waals surface area contributed by atoms with Crippen LogP contribution in [0.15, 0.2) is 0 Å². The topological polar surface area (TPSA) is 0 Å². The van der Waals surface area contributed by atoms with Gasteiger partial charge in [0.25, 0.3) is 0 Å². The lowest BCUT2D eigenvalue weighted by molar-refractivity contribution is -0.142. The van der Waals surface area contributed by atoms with E-state index in [2.05, 4.69) is 0 Å². The van der Waals surface area contributed by atoms with Gasteiger partial charge in [-0.15, -0.1) is 23.2 Å². The molecule has 0 N–H and O–H groups in total. The Hall–Kier alpha value is 0.950. The molecular weight excluding hydrogens is 247 g/mol. The van der Waals surface area contributed by atoms with Crippen molar-refractivity contribution in [2.24, 2.45) is 0 Å². The monoisotopic (exact) mass is 248 g/mol. The second-order valence-electron chi connectivity index (χ2n) is 1.80. The van der Waals surface area contributed by atoms with Crippen LogP contribution in [-0.2, 0) is 0 Å². The van der Waals surface area contributed by atoms with Gasteiger partial charge in [0.2, 0.25) is 4.33 Å². The van der Waals surface area contributed by atoms with E-state index in [1.807, 2.05) is 0 Å². The lowest BCUT2D eigenvalue weighted by Gasteiger charge is -2.22. The molecule has 7 heteroatoms. The van der Waals surface area contributed by atoms with E-state index in [4.69, 9.17) is 46.4 Å². The Kier molecular flexibility index (Phi) is 4.10. The van der Waals surface area contributed by atoms with Crippen molar-refractivity contribution in [1.82, 2.24) is 0 Å². The molecule has 0 nitrogen and oxygen atoms in total. The van der Waals surface area contributed by atoms with E-state index in [0.717, 1.165) is 0 Å². The van der Waals surface area contributed by atoms with Crippen molar-refractivity contribution in [3.8, 4) is 0 Å². The van der Waals surface area contributed by atoms with Crippen LogP contribution in [0.25, 0.3) is 0 Å². The van der Waals surface area contributed by atoms with Gasteiger partial charge in [-0.05, 0) is 0 Å². The zero-order valence-electron chi connectivity index (χ0n) is 4.93. The Morgan fingerprint density at radius 3 is 1.55 bits per heavy atom. The Labute approximate surface area is 81.5 Å². The highest BCUT2D eigenvalue weighted by atomic mass is 35.5. The average molecular weight is 250 g/mol. The van der Waals surface area contributed by atoms with Crippen molar-refractivity contribution in [2.45, 2.75) is 21.8 Å². The molecule has 0 aliphatic heterocycles. The zero-order chi connectivity index (χ0) is 9.28. The SMILES string of the molecule is FC(F)(F)C(Cl)(Cl)CC(Cl)Cl. The van der Waals surface area contributed by atoms with Crippen molar-refractivity contribution in [3.63, 3.8) is 0 Å². The lowest BCUT2D eigenvalue weighted by atomic mass is 10.3. The van der Waals surface area contributed by atoms with Crippen LogP contribution < -0.4 is 0 Å². The molecule has 0 rings (SSSR count). The van der Waals surface area contributed by atoms with Crippen LogP contribution in [0, 0.1) is 0 Å². The van der Waals surface area contributed by atoms with Gasteiger partial charge < -0.3 is 0 Å². The normalized spacial score (nSPS) is 14.2. The molecule has 0 saturated heterocycles. The lowest BCUT2D eigenvalue weighted by Crippen LogP contribution is -2.35. The number of hydrogen-bond donors (Lipinski definition) is 0. The van der Waals surface area contributed by atoms with E-state index in [1.54, 1.807) is 0 Å². The Morgan fingerprint density at radius 1 is 1.09 bits per heavy atom. The molecule has 11 heavy (non-hydrogen) atoms. The summed E-state index contributed by atoms with van der Waals surface area (Å²) in [6, 6.07) is 0. The highest BCUT2D eigenvalue weighted by molar-refractivity contribution is 6.51. The first-order valence-electron chi connectivity index (χ1n) is 2.39. The molecule has 0 atom stereocenters. The predicted molar refractivity (Wildman–Crippen MR) is 40.6 cm³/mol. The van der Waals surface area contributed by atoms with Crippen molar-refractivity contribution in [3.05, 3.63) is 0 Å². The summed E-state index contributed by atoms with van der Waals surface area (Å²) in [5, 5.41) is 0. The molecule has 0 unspecified atom stereocenters. The molecule has 0 aromatic heterocycles. The van der Waals surface area contributed by atoms with E-state index < -0.39 is 21.8 Å². The van der Waals surface area contributed by atoms with Gasteiger partial charge in [0, 0.05) is 6.42 Å². The summed E-state index contributed by atoms with van der Waals surface area (Å²) in [6.45, 7) is 0. The number of alkyl halides is 7. The quantitative estimate of drug-likeness (QED) is 0.651. The maximum absolute atomic E-state index is 11.8. The first-order valence-corrected chi connectivity index (χ1v) is 4.02. The Morgan fingerprint density at radius 2 is 1.45 bits per heavy atom. The smallest absolute Gasteiger partial charge is 0.168 e. The molecular formula is C4H3Cl4F3. The molecule has 0 aliphatic rings. The van der Waals surface area contributed by atoms with Crippen LogP contribution in [0.1, 0.15) is 6.42 Å². The van der Waals surface area contributed by atoms with Gasteiger partial charge >= 0.3 is 6.18 Å². The van der Waals surface area contributed by atoms with Gasteiger partial charge in [-0.1, -0.05) is 23.2 Å². The van der Waals surface area contributed by atoms with E-state index in [0.29, 0.717) is 0 Å². The fraction of sp³-hybridized carbons (Fsp3) is 1.00. The first kappa shape index (κ1) is 11.9. The molecule has 0 aromatic rings. The second-order valence-corrected chi connectivity index (χ2v) is 4.56. The number of rotatable bonds is 2. The third-order valence-electron chi connectivity index (χ3n) is 0.825. The van der Waals surface area contributed by atoms with Crippen LogP contribution in [0.2, 0.25) is 0 Å². The van der Waals surface area contributed by atoms with Crippen molar-refractivity contribution >= 4 is 46.4 Å². The summed E-state index contributed by atoms with van der Waals surface area (Å²) < 4.78 is 32.6. The van der Waals surface area contributed by atoms with Crippen LogP contribution in [0.3, 0.4) is 0 Å². The average Bonchev–Trinajstić information content (AvgIpc) is 1.56. The molecule has 0 heterocycles. The van der Waals surface area contributed by atoms with Crippen molar-refractivity contribution in [2.75, 3.05) is 0 Å². The maximum atomic E-state index is 11.8. The molecule has 0 amide bonds. The fourth-order valence-corrected chi connectivity index (χ4v) is 1.40. The molecule has 0 saturated carbocycles. The van der Waals surface area contributed by atoms with Crippen LogP contribution >= 0.6 is 46.4 Å². The minimum Gasteiger partial charge on any atom is -0.168 e. The summed E-state index contributed by atoms with van der Waals surface area (Å²) >= 11 is 19.9. The first-order chi connectivity index (χ1) is 4.67. The molecule has 68 valence electrons. The van der Waals surface area contributed by atoms with Gasteiger partial charge in [0.1, 0.15) is 4.84 Å². The largest absolute Gasteiger partial charge is 0.421 e. The van der Waals surface area contributed by atoms with E-state index in [1.165, 1.54) is 0 Å². The zero-order valence-corrected chi connectivity index (χ0v) is 7.95. The van der Waals surface area contributed by atoms with Gasteiger partial charge in [0.15, 0.2) is 0 Å². The summed E-state index contributed by atoms with van der Waals surface area (Å²) in [5.74, 6) is 0. The van der Waals surface area contributed by atoms with Gasteiger partial charge in [-0.2, -0.15) is 13.2 Å². The highest BCUT2D eigenvalue weighted by Crippen LogP contribution is 2.44. The molecule has 0 fully saturated rings. The van der Waals surface area contributed by atoms with Gasteiger partial charge in [0.05, 0.1) is 0 Å². The van der Waals surface area contributed by atoms with Crippen molar-refractivity contribution < 1.29 is 13.2 Å². The van der Waals surface area contributed by atoms with Crippen LogP contribution in [0.5, 0.6) is 0 Å². The van der Waals surface area contributed by atoms with E-state index >= 15 is 0 Å². The minimum absolute atomic E-state index is 0.747. The highest BCUT2D eigenvalue weighted by Gasteiger charge is 2.53. The molecule has 0 aliphatic carbocycles. The third kappa shape index (κ3) is 3.92. The number of halogens is 7. The Balaban J connectivity index is 4.22. The Bertz CT molecular complexity index is 130. The predicted octanol–water partition coefficient (Wildman–Crippen LogP) is 3.92. The van der Waals surface area contributed by atoms with Crippen LogP contribution in [-0.4, -0.2) is 15.3 Å². The standard InChI is InChI=1S/C4H3Cl4F3/c5-2(6)1-3(7,8)4(9,10)11/h2H,1H2. The number of hydrogen-bond acceptors (Lipinski definition) is 0. The fourth-order valence-electron chi connectivity index (χ4n) is 0.310. The molecule has 0 aromatic carbocycles. The van der Waals surface area contributed by atoms with Crippen molar-refractivity contribution in [1.29, 1.82) is 0 Å². The molecule has 0 spiro atoms. The summed E-state index contributed by atoms with van der Waals surface area (Å²) in [4.78, 5) is -1.23. The molecule has 0 radical (unpaired) electrons. The van der Waals surface area contributed by atoms with Gasteiger partial charge in [-0.3, -0.25) is 0 Å².